The van der Waals surface area contributed by atoms with E-state index in [-0.39, 0.29) is 18.1 Å². The number of fused-ring (bicyclic) bond motifs is 1. The Kier molecular flexibility index (Phi) is 7.70. The lowest BCUT2D eigenvalue weighted by Crippen LogP contribution is -2.41. The van der Waals surface area contributed by atoms with E-state index in [4.69, 9.17) is 9.47 Å². The van der Waals surface area contributed by atoms with Gasteiger partial charge in [0.1, 0.15) is 0 Å². The van der Waals surface area contributed by atoms with Gasteiger partial charge in [-0.15, -0.1) is 4.68 Å². The number of aromatic amines is 1. The number of methoxy groups -OCH3 is 1. The highest BCUT2D eigenvalue weighted by atomic mass is 16.5. The van der Waals surface area contributed by atoms with Gasteiger partial charge in [-0.1, -0.05) is 56.3 Å². The molecular weight excluding hydrogens is 498 g/mol. The Labute approximate surface area is 237 Å². The van der Waals surface area contributed by atoms with Gasteiger partial charge in [0.2, 0.25) is 11.6 Å². The first-order valence-corrected chi connectivity index (χ1v) is 14.1. The summed E-state index contributed by atoms with van der Waals surface area (Å²) in [6, 6.07) is 22.4. The van der Waals surface area contributed by atoms with Gasteiger partial charge in [0.15, 0.2) is 18.0 Å². The Morgan fingerprint density at radius 1 is 0.975 bits per heavy atom. The monoisotopic (exact) mass is 538 g/mol. The van der Waals surface area contributed by atoms with E-state index in [9.17, 15) is 4.79 Å². The number of hydrogen-bond acceptors (Lipinski definition) is 3. The van der Waals surface area contributed by atoms with Crippen LogP contribution in [0.1, 0.15) is 61.8 Å². The number of carbonyl (C=O) groups is 1. The third-order valence-electron chi connectivity index (χ3n) is 7.49. The maximum Gasteiger partial charge on any atom is 0.232 e. The van der Waals surface area contributed by atoms with Gasteiger partial charge in [-0.25, -0.2) is 0 Å². The quantitative estimate of drug-likeness (QED) is 0.254. The number of rotatable bonds is 8. The number of benzene rings is 3. The average molecular weight is 539 g/mol. The highest BCUT2D eigenvalue weighted by Crippen LogP contribution is 2.44. The van der Waals surface area contributed by atoms with Crippen LogP contribution < -0.4 is 19.1 Å². The van der Waals surface area contributed by atoms with Gasteiger partial charge in [-0.05, 0) is 67.3 Å². The molecule has 1 N–H and O–H groups in total. The second-order valence-electron chi connectivity index (χ2n) is 11.4. The minimum Gasteiger partial charge on any atom is -0.493 e. The zero-order chi connectivity index (χ0) is 28.6. The predicted molar refractivity (Wildman–Crippen MR) is 159 cm³/mol. The molecule has 5 rings (SSSR count). The number of aromatic nitrogens is 2. The number of H-pyrrole nitrogens is 1. The molecule has 1 atom stereocenters. The zero-order valence-corrected chi connectivity index (χ0v) is 24.6. The van der Waals surface area contributed by atoms with Gasteiger partial charge < -0.3 is 14.4 Å². The van der Waals surface area contributed by atoms with Crippen LogP contribution in [0.5, 0.6) is 11.5 Å². The van der Waals surface area contributed by atoms with Crippen molar-refractivity contribution in [3.63, 3.8) is 0 Å². The van der Waals surface area contributed by atoms with E-state index in [2.05, 4.69) is 79.9 Å². The molecule has 208 valence electrons. The van der Waals surface area contributed by atoms with Crippen LogP contribution in [0.2, 0.25) is 0 Å². The molecule has 0 spiro atoms. The molecule has 1 aliphatic heterocycles. The maximum absolute atomic E-state index is 13.8. The SMILES string of the molecule is COc1cc2c(cc1OC(C)C)C(c1ccccc1)N(c1ccc(-c3c(C)[nH][n+](CC(C)C)c3C)cc1)C(=O)C2. The van der Waals surface area contributed by atoms with Crippen molar-refractivity contribution in [2.24, 2.45) is 5.92 Å². The van der Waals surface area contributed by atoms with E-state index in [0.29, 0.717) is 23.8 Å². The number of amides is 1. The number of hydrogen-bond donors (Lipinski definition) is 1. The molecule has 1 unspecified atom stereocenters. The molecule has 0 fully saturated rings. The van der Waals surface area contributed by atoms with E-state index in [1.807, 2.05) is 43.0 Å². The minimum absolute atomic E-state index is 0.00411. The van der Waals surface area contributed by atoms with Gasteiger partial charge in [0, 0.05) is 18.5 Å². The zero-order valence-electron chi connectivity index (χ0n) is 24.6. The number of anilines is 1. The smallest absolute Gasteiger partial charge is 0.232 e. The van der Waals surface area contributed by atoms with Gasteiger partial charge in [0.25, 0.3) is 0 Å². The molecule has 0 saturated heterocycles. The van der Waals surface area contributed by atoms with Crippen LogP contribution in [0.4, 0.5) is 5.69 Å². The summed E-state index contributed by atoms with van der Waals surface area (Å²) in [6.07, 6.45) is 0.291. The van der Waals surface area contributed by atoms with Gasteiger partial charge in [-0.3, -0.25) is 4.79 Å². The molecule has 1 aliphatic rings. The minimum atomic E-state index is -0.285. The molecule has 4 aromatic rings. The van der Waals surface area contributed by atoms with Crippen molar-refractivity contribution in [1.29, 1.82) is 0 Å². The van der Waals surface area contributed by atoms with Crippen molar-refractivity contribution in [3.8, 4) is 22.6 Å². The first-order chi connectivity index (χ1) is 19.2. The fourth-order valence-corrected chi connectivity index (χ4v) is 5.83. The fourth-order valence-electron chi connectivity index (χ4n) is 5.83. The summed E-state index contributed by atoms with van der Waals surface area (Å²) < 4.78 is 14.0. The van der Waals surface area contributed by atoms with Crippen molar-refractivity contribution in [1.82, 2.24) is 5.10 Å². The van der Waals surface area contributed by atoms with Crippen LogP contribution in [0.15, 0.2) is 66.7 Å². The third kappa shape index (κ3) is 5.23. The van der Waals surface area contributed by atoms with E-state index >= 15 is 0 Å². The third-order valence-corrected chi connectivity index (χ3v) is 7.49. The van der Waals surface area contributed by atoms with Gasteiger partial charge >= 0.3 is 0 Å². The Hall–Kier alpha value is -4.06. The van der Waals surface area contributed by atoms with Crippen molar-refractivity contribution < 1.29 is 19.0 Å². The first kappa shape index (κ1) is 27.5. The lowest BCUT2D eigenvalue weighted by Gasteiger charge is -2.38. The summed E-state index contributed by atoms with van der Waals surface area (Å²) in [5.74, 6) is 1.94. The summed E-state index contributed by atoms with van der Waals surface area (Å²) in [5, 5.41) is 3.53. The molecule has 0 radical (unpaired) electrons. The standard InChI is InChI=1S/C34H39N3O3/c1-21(2)20-36-24(6)33(23(5)35-36)25-13-15-28(16-14-25)37-32(38)18-27-17-30(39-7)31(40-22(3)4)19-29(27)34(37)26-11-9-8-10-12-26/h8-17,19,21-22,34H,18,20H2,1-7H3/p+1. The molecule has 1 aromatic heterocycles. The van der Waals surface area contributed by atoms with Crippen molar-refractivity contribution >= 4 is 11.6 Å². The van der Waals surface area contributed by atoms with E-state index in [0.717, 1.165) is 40.2 Å². The summed E-state index contributed by atoms with van der Waals surface area (Å²) in [7, 11) is 1.64. The fraction of sp³-hybridized carbons (Fsp3) is 0.353. The van der Waals surface area contributed by atoms with Crippen LogP contribution in [0, 0.1) is 19.8 Å². The Balaban J connectivity index is 1.59. The summed E-state index contributed by atoms with van der Waals surface area (Å²) in [4.78, 5) is 15.8. The Morgan fingerprint density at radius 3 is 2.30 bits per heavy atom. The molecule has 0 aliphatic carbocycles. The van der Waals surface area contributed by atoms with E-state index < -0.39 is 0 Å². The molecule has 0 bridgehead atoms. The Bertz CT molecular complexity index is 1500. The lowest BCUT2D eigenvalue weighted by atomic mass is 9.86. The average Bonchev–Trinajstić information content (AvgIpc) is 3.19. The highest BCUT2D eigenvalue weighted by molar-refractivity contribution is 5.98. The summed E-state index contributed by atoms with van der Waals surface area (Å²) in [6.45, 7) is 13.7. The number of aryl methyl sites for hydroxylation is 1. The first-order valence-electron chi connectivity index (χ1n) is 14.1. The van der Waals surface area contributed by atoms with Crippen molar-refractivity contribution in [2.45, 2.75) is 66.7 Å². The Morgan fingerprint density at radius 2 is 1.68 bits per heavy atom. The molecule has 6 nitrogen and oxygen atoms in total. The molecular formula is C34H40N3O3+. The second-order valence-corrected chi connectivity index (χ2v) is 11.4. The van der Waals surface area contributed by atoms with Crippen LogP contribution in [-0.2, 0) is 17.8 Å². The number of ether oxygens (including phenoxy) is 2. The molecule has 6 heteroatoms. The normalized spacial score (nSPS) is 15.1. The van der Waals surface area contributed by atoms with Gasteiger partial charge in [-0.2, -0.15) is 5.10 Å². The topological polar surface area (TPSA) is 58.4 Å². The largest absolute Gasteiger partial charge is 0.493 e. The van der Waals surface area contributed by atoms with Crippen LogP contribution in [-0.4, -0.2) is 24.2 Å². The number of nitrogens with zero attached hydrogens (tertiary/aromatic N) is 2. The van der Waals surface area contributed by atoms with Crippen LogP contribution >= 0.6 is 0 Å². The maximum atomic E-state index is 13.8. The molecule has 2 heterocycles. The van der Waals surface area contributed by atoms with E-state index in [1.165, 1.54) is 11.3 Å². The summed E-state index contributed by atoms with van der Waals surface area (Å²) >= 11 is 0. The van der Waals surface area contributed by atoms with Crippen LogP contribution in [0.3, 0.4) is 0 Å². The summed E-state index contributed by atoms with van der Waals surface area (Å²) in [5.41, 5.74) is 8.65. The van der Waals surface area contributed by atoms with Crippen molar-refractivity contribution in [3.05, 3.63) is 94.8 Å². The molecule has 3 aromatic carbocycles. The molecule has 1 amide bonds. The predicted octanol–water partition coefficient (Wildman–Crippen LogP) is 6.72. The van der Waals surface area contributed by atoms with Crippen LogP contribution in [0.25, 0.3) is 11.1 Å². The number of carbonyl (C=O) groups excluding carboxylic acids is 1. The highest BCUT2D eigenvalue weighted by Gasteiger charge is 2.36. The van der Waals surface area contributed by atoms with E-state index in [1.54, 1.807) is 7.11 Å². The van der Waals surface area contributed by atoms with Crippen molar-refractivity contribution in [2.75, 3.05) is 12.0 Å². The lowest BCUT2D eigenvalue weighted by molar-refractivity contribution is -0.760. The number of nitrogens with one attached hydrogen (secondary N) is 1. The molecule has 0 saturated carbocycles. The van der Waals surface area contributed by atoms with Gasteiger partial charge in [0.05, 0.1) is 36.9 Å². The molecule has 40 heavy (non-hydrogen) atoms. The second kappa shape index (κ2) is 11.2.